The molecule has 35 heavy (non-hydrogen) atoms. The highest BCUT2D eigenvalue weighted by atomic mass is 32.1. The van der Waals surface area contributed by atoms with Crippen LogP contribution in [0.15, 0.2) is 35.8 Å². The standard InChI is InChI=1S/C17H21N5S.2C2H2O4/c1-4-15-16(18-8-1)21-17(20-15)19-13-5-9-22(10-6-13)11-7-14-3-2-12-23-14;2*3-1(4)2(5)6/h1-4,8,12-13H,5-7,9-11H2,(H2,18,19,20,21);2*(H,3,4)(H,5,6). The normalized spacial score (nSPS) is 13.6. The third-order valence-electron chi connectivity index (χ3n) is 4.81. The van der Waals surface area contributed by atoms with E-state index in [2.05, 4.69) is 42.7 Å². The number of nitrogens with one attached hydrogen (secondary N) is 2. The summed E-state index contributed by atoms with van der Waals surface area (Å²) in [5.74, 6) is -6.45. The number of hydrogen-bond acceptors (Lipinski definition) is 9. The van der Waals surface area contributed by atoms with E-state index in [1.54, 1.807) is 6.20 Å². The van der Waals surface area contributed by atoms with Gasteiger partial charge in [0, 0.05) is 36.8 Å². The van der Waals surface area contributed by atoms with E-state index in [4.69, 9.17) is 39.6 Å². The number of likely N-dealkylation sites (tertiary alicyclic amines) is 1. The summed E-state index contributed by atoms with van der Waals surface area (Å²) in [6.07, 6.45) is 5.27. The highest BCUT2D eigenvalue weighted by Gasteiger charge is 2.20. The average molecular weight is 508 g/mol. The molecule has 0 saturated carbocycles. The number of aliphatic carboxylic acids is 4. The number of piperidine rings is 1. The number of imidazole rings is 1. The van der Waals surface area contributed by atoms with Crippen LogP contribution in [0.25, 0.3) is 11.2 Å². The molecule has 0 atom stereocenters. The smallest absolute Gasteiger partial charge is 0.414 e. The van der Waals surface area contributed by atoms with E-state index in [1.165, 1.54) is 17.8 Å². The lowest BCUT2D eigenvalue weighted by molar-refractivity contribution is -0.159. The Morgan fingerprint density at radius 2 is 1.63 bits per heavy atom. The molecule has 0 unspecified atom stereocenters. The van der Waals surface area contributed by atoms with E-state index in [-0.39, 0.29) is 0 Å². The Morgan fingerprint density at radius 3 is 2.14 bits per heavy atom. The number of carboxylic acids is 4. The van der Waals surface area contributed by atoms with Crippen molar-refractivity contribution in [2.75, 3.05) is 25.0 Å². The zero-order valence-corrected chi connectivity index (χ0v) is 19.3. The minimum atomic E-state index is -1.82. The van der Waals surface area contributed by atoms with Crippen molar-refractivity contribution >= 4 is 52.3 Å². The summed E-state index contributed by atoms with van der Waals surface area (Å²) in [6, 6.07) is 8.80. The Kier molecular flexibility index (Phi) is 10.6. The van der Waals surface area contributed by atoms with Crippen LogP contribution in [-0.2, 0) is 25.6 Å². The van der Waals surface area contributed by atoms with Gasteiger partial charge >= 0.3 is 23.9 Å². The van der Waals surface area contributed by atoms with Crippen molar-refractivity contribution < 1.29 is 39.6 Å². The number of aromatic nitrogens is 3. The van der Waals surface area contributed by atoms with Crippen LogP contribution in [0.3, 0.4) is 0 Å². The monoisotopic (exact) mass is 507 g/mol. The number of thiophene rings is 1. The molecule has 188 valence electrons. The molecule has 0 radical (unpaired) electrons. The maximum atomic E-state index is 9.10. The largest absolute Gasteiger partial charge is 0.473 e. The molecule has 0 bridgehead atoms. The maximum absolute atomic E-state index is 9.10. The number of carboxylic acid groups (broad SMARTS) is 4. The average Bonchev–Trinajstić information content (AvgIpc) is 3.48. The summed E-state index contributed by atoms with van der Waals surface area (Å²) >= 11 is 1.86. The van der Waals surface area contributed by atoms with Gasteiger partial charge in [-0.1, -0.05) is 6.07 Å². The summed E-state index contributed by atoms with van der Waals surface area (Å²) in [5, 5.41) is 35.3. The minimum absolute atomic E-state index is 0.494. The highest BCUT2D eigenvalue weighted by Crippen LogP contribution is 2.18. The SMILES string of the molecule is O=C(O)C(=O)O.O=C(O)C(=O)O.c1csc(CCN2CCC(Nc3nc4ncccc4[nH]3)CC2)c1. The van der Waals surface area contributed by atoms with Gasteiger partial charge in [0.15, 0.2) is 5.65 Å². The number of fused-ring (bicyclic) bond motifs is 1. The first kappa shape index (κ1) is 27.2. The first-order valence-corrected chi connectivity index (χ1v) is 11.3. The molecule has 0 amide bonds. The van der Waals surface area contributed by atoms with Crippen LogP contribution in [0, 0.1) is 0 Å². The Morgan fingerprint density at radius 1 is 1.00 bits per heavy atom. The number of H-pyrrole nitrogens is 1. The molecular weight excluding hydrogens is 482 g/mol. The molecule has 0 aromatic carbocycles. The zero-order valence-electron chi connectivity index (χ0n) is 18.5. The number of rotatable bonds is 5. The van der Waals surface area contributed by atoms with Crippen molar-refractivity contribution in [1.29, 1.82) is 0 Å². The lowest BCUT2D eigenvalue weighted by Gasteiger charge is -2.32. The van der Waals surface area contributed by atoms with E-state index in [0.29, 0.717) is 6.04 Å². The third-order valence-corrected chi connectivity index (χ3v) is 5.74. The first-order valence-electron chi connectivity index (χ1n) is 10.4. The molecule has 3 aromatic rings. The predicted molar refractivity (Wildman–Crippen MR) is 126 cm³/mol. The fraction of sp³-hybridized carbons (Fsp3) is 0.333. The Hall–Kier alpha value is -4.04. The van der Waals surface area contributed by atoms with Gasteiger partial charge in [-0.2, -0.15) is 4.98 Å². The first-order chi connectivity index (χ1) is 16.7. The zero-order chi connectivity index (χ0) is 25.8. The van der Waals surface area contributed by atoms with Crippen molar-refractivity contribution in [3.8, 4) is 0 Å². The van der Waals surface area contributed by atoms with E-state index in [0.717, 1.165) is 43.0 Å². The topological polar surface area (TPSA) is 206 Å². The molecule has 6 N–H and O–H groups in total. The van der Waals surface area contributed by atoms with Gasteiger partial charge in [0.2, 0.25) is 5.95 Å². The van der Waals surface area contributed by atoms with Gasteiger partial charge in [-0.15, -0.1) is 11.3 Å². The maximum Gasteiger partial charge on any atom is 0.414 e. The van der Waals surface area contributed by atoms with Gasteiger partial charge < -0.3 is 35.6 Å². The molecule has 1 saturated heterocycles. The fourth-order valence-electron chi connectivity index (χ4n) is 3.13. The Bertz CT molecular complexity index is 1040. The number of carbonyl (C=O) groups is 4. The van der Waals surface area contributed by atoms with Crippen molar-refractivity contribution in [2.45, 2.75) is 25.3 Å². The summed E-state index contributed by atoms with van der Waals surface area (Å²) in [7, 11) is 0. The lowest BCUT2D eigenvalue weighted by Crippen LogP contribution is -2.40. The second kappa shape index (κ2) is 13.6. The molecule has 1 aliphatic rings. The molecule has 1 aliphatic heterocycles. The van der Waals surface area contributed by atoms with E-state index >= 15 is 0 Å². The second-order valence-electron chi connectivity index (χ2n) is 7.27. The third kappa shape index (κ3) is 9.77. The van der Waals surface area contributed by atoms with Crippen LogP contribution < -0.4 is 5.32 Å². The van der Waals surface area contributed by atoms with Crippen LogP contribution >= 0.6 is 11.3 Å². The Balaban J connectivity index is 0.000000301. The summed E-state index contributed by atoms with van der Waals surface area (Å²) in [5.41, 5.74) is 1.77. The number of pyridine rings is 1. The fourth-order valence-corrected chi connectivity index (χ4v) is 3.83. The van der Waals surface area contributed by atoms with Gasteiger partial charge in [-0.3, -0.25) is 0 Å². The molecule has 1 fully saturated rings. The van der Waals surface area contributed by atoms with Crippen molar-refractivity contribution in [3.05, 3.63) is 40.7 Å². The number of aromatic amines is 1. The number of anilines is 1. The second-order valence-corrected chi connectivity index (χ2v) is 8.30. The minimum Gasteiger partial charge on any atom is -0.473 e. The molecule has 4 heterocycles. The summed E-state index contributed by atoms with van der Waals surface area (Å²) in [4.78, 5) is 52.5. The molecule has 0 spiro atoms. The summed E-state index contributed by atoms with van der Waals surface area (Å²) in [6.45, 7) is 3.48. The van der Waals surface area contributed by atoms with Crippen LogP contribution in [0.1, 0.15) is 17.7 Å². The van der Waals surface area contributed by atoms with E-state index in [9.17, 15) is 0 Å². The lowest BCUT2D eigenvalue weighted by atomic mass is 10.1. The van der Waals surface area contributed by atoms with Gasteiger partial charge in [0.25, 0.3) is 0 Å². The molecule has 4 rings (SSSR count). The number of hydrogen-bond donors (Lipinski definition) is 6. The van der Waals surface area contributed by atoms with Gasteiger partial charge in [-0.05, 0) is 42.8 Å². The molecule has 0 aliphatic carbocycles. The molecular formula is C21H25N5O8S. The van der Waals surface area contributed by atoms with Crippen LogP contribution in [0.4, 0.5) is 5.95 Å². The number of nitrogens with zero attached hydrogens (tertiary/aromatic N) is 3. The predicted octanol–water partition coefficient (Wildman–Crippen LogP) is 1.45. The van der Waals surface area contributed by atoms with Crippen molar-refractivity contribution in [1.82, 2.24) is 19.9 Å². The van der Waals surface area contributed by atoms with Crippen molar-refractivity contribution in [2.24, 2.45) is 0 Å². The van der Waals surface area contributed by atoms with Crippen LogP contribution in [0.5, 0.6) is 0 Å². The van der Waals surface area contributed by atoms with E-state index < -0.39 is 23.9 Å². The molecule has 13 nitrogen and oxygen atoms in total. The quantitative estimate of drug-likeness (QED) is 0.271. The van der Waals surface area contributed by atoms with Crippen molar-refractivity contribution in [3.63, 3.8) is 0 Å². The van der Waals surface area contributed by atoms with Gasteiger partial charge in [-0.25, -0.2) is 24.2 Å². The van der Waals surface area contributed by atoms with Gasteiger partial charge in [0.05, 0.1) is 5.52 Å². The van der Waals surface area contributed by atoms with Crippen LogP contribution in [-0.4, -0.2) is 89.8 Å². The summed E-state index contributed by atoms with van der Waals surface area (Å²) < 4.78 is 0. The highest BCUT2D eigenvalue weighted by molar-refractivity contribution is 7.09. The Labute approximate surface area is 203 Å². The van der Waals surface area contributed by atoms with Crippen LogP contribution in [0.2, 0.25) is 0 Å². The molecule has 3 aromatic heterocycles. The molecule has 14 heteroatoms. The van der Waals surface area contributed by atoms with Gasteiger partial charge in [0.1, 0.15) is 0 Å². The van der Waals surface area contributed by atoms with E-state index in [1.807, 2.05) is 23.5 Å².